The van der Waals surface area contributed by atoms with Gasteiger partial charge in [0.25, 0.3) is 5.56 Å². The van der Waals surface area contributed by atoms with Crippen molar-refractivity contribution in [2.75, 3.05) is 40.3 Å². The van der Waals surface area contributed by atoms with Crippen LogP contribution in [0.2, 0.25) is 0 Å². The maximum atomic E-state index is 11.4. The van der Waals surface area contributed by atoms with Gasteiger partial charge < -0.3 is 14.6 Å². The van der Waals surface area contributed by atoms with Crippen molar-refractivity contribution >= 4 is 0 Å². The molecule has 0 bridgehead atoms. The van der Waals surface area contributed by atoms with Crippen molar-refractivity contribution in [1.29, 1.82) is 0 Å². The van der Waals surface area contributed by atoms with Crippen molar-refractivity contribution in [3.05, 3.63) is 32.6 Å². The van der Waals surface area contributed by atoms with Crippen LogP contribution in [0.3, 0.4) is 0 Å². The zero-order valence-electron chi connectivity index (χ0n) is 12.7. The fraction of sp³-hybridized carbons (Fsp3) is 0.714. The molecule has 7 heteroatoms. The van der Waals surface area contributed by atoms with E-state index in [-0.39, 0.29) is 11.7 Å². The lowest BCUT2D eigenvalue weighted by molar-refractivity contribution is 0.0678. The fourth-order valence-corrected chi connectivity index (χ4v) is 2.50. The van der Waals surface area contributed by atoms with E-state index in [2.05, 4.69) is 19.8 Å². The average Bonchev–Trinajstić information content (AvgIpc) is 2.87. The first-order valence-electron chi connectivity index (χ1n) is 7.34. The number of likely N-dealkylation sites (N-methyl/N-ethyl adjacent to an activating group) is 1. The molecule has 118 valence electrons. The summed E-state index contributed by atoms with van der Waals surface area (Å²) in [4.78, 5) is 31.9. The molecule has 7 nitrogen and oxygen atoms in total. The number of nitrogens with zero attached hydrogens (tertiary/aromatic N) is 2. The maximum Gasteiger partial charge on any atom is 0.325 e. The molecule has 1 fully saturated rings. The van der Waals surface area contributed by atoms with E-state index in [1.54, 1.807) is 0 Å². The van der Waals surface area contributed by atoms with Gasteiger partial charge in [0.2, 0.25) is 0 Å². The third-order valence-electron chi connectivity index (χ3n) is 3.56. The van der Waals surface area contributed by atoms with Crippen LogP contribution in [-0.4, -0.2) is 66.2 Å². The number of aromatic amines is 2. The van der Waals surface area contributed by atoms with Gasteiger partial charge in [0.15, 0.2) is 0 Å². The van der Waals surface area contributed by atoms with E-state index in [1.807, 2.05) is 14.1 Å². The molecule has 1 aromatic rings. The summed E-state index contributed by atoms with van der Waals surface area (Å²) in [5.41, 5.74) is -0.180. The third kappa shape index (κ3) is 5.45. The summed E-state index contributed by atoms with van der Waals surface area (Å²) in [6.07, 6.45) is 2.43. The average molecular weight is 296 g/mol. The zero-order chi connectivity index (χ0) is 15.2. The number of nitrogens with one attached hydrogen (secondary N) is 2. The molecule has 1 saturated heterocycles. The van der Waals surface area contributed by atoms with Crippen LogP contribution in [0.15, 0.2) is 15.7 Å². The van der Waals surface area contributed by atoms with Crippen LogP contribution in [0.25, 0.3) is 0 Å². The van der Waals surface area contributed by atoms with Gasteiger partial charge in [-0.1, -0.05) is 0 Å². The summed E-state index contributed by atoms with van der Waals surface area (Å²) in [6, 6.07) is 1.44. The van der Waals surface area contributed by atoms with E-state index in [1.165, 1.54) is 6.07 Å². The number of hydrogen-bond acceptors (Lipinski definition) is 5. The molecule has 1 aliphatic rings. The van der Waals surface area contributed by atoms with E-state index >= 15 is 0 Å². The molecule has 0 saturated carbocycles. The van der Waals surface area contributed by atoms with E-state index in [0.717, 1.165) is 39.1 Å². The van der Waals surface area contributed by atoms with Crippen LogP contribution >= 0.6 is 0 Å². The van der Waals surface area contributed by atoms with Crippen LogP contribution in [0.4, 0.5) is 0 Å². The Bertz CT molecular complexity index is 517. The molecule has 1 unspecified atom stereocenters. The van der Waals surface area contributed by atoms with Crippen molar-refractivity contribution in [3.63, 3.8) is 0 Å². The predicted octanol–water partition coefficient (Wildman–Crippen LogP) is -0.394. The highest BCUT2D eigenvalue weighted by Gasteiger charge is 2.19. The molecule has 21 heavy (non-hydrogen) atoms. The van der Waals surface area contributed by atoms with Gasteiger partial charge in [-0.05, 0) is 26.9 Å². The van der Waals surface area contributed by atoms with Crippen molar-refractivity contribution in [1.82, 2.24) is 19.8 Å². The second-order valence-electron chi connectivity index (χ2n) is 5.79. The second kappa shape index (κ2) is 7.53. The predicted molar refractivity (Wildman–Crippen MR) is 80.5 cm³/mol. The molecule has 0 amide bonds. The van der Waals surface area contributed by atoms with Gasteiger partial charge in [-0.2, -0.15) is 0 Å². The summed E-state index contributed by atoms with van der Waals surface area (Å²) in [5, 5.41) is 0. The number of rotatable bonds is 7. The van der Waals surface area contributed by atoms with Gasteiger partial charge in [0.1, 0.15) is 0 Å². The fourth-order valence-electron chi connectivity index (χ4n) is 2.50. The maximum absolute atomic E-state index is 11.4. The smallest absolute Gasteiger partial charge is 0.325 e. The minimum atomic E-state index is -0.456. The third-order valence-corrected chi connectivity index (χ3v) is 3.56. The Hall–Kier alpha value is -1.44. The lowest BCUT2D eigenvalue weighted by Crippen LogP contribution is -2.37. The lowest BCUT2D eigenvalue weighted by Gasteiger charge is -2.26. The van der Waals surface area contributed by atoms with E-state index < -0.39 is 5.69 Å². The molecule has 0 spiro atoms. The number of aromatic nitrogens is 2. The summed E-state index contributed by atoms with van der Waals surface area (Å²) in [5.74, 6) is 0. The number of ether oxygens (including phenoxy) is 1. The molecular formula is C14H24N4O3. The Morgan fingerprint density at radius 1 is 1.29 bits per heavy atom. The minimum absolute atomic E-state index is 0.251. The number of H-pyrrole nitrogens is 2. The Balaban J connectivity index is 2.02. The lowest BCUT2D eigenvalue weighted by atomic mass is 10.2. The quantitative estimate of drug-likeness (QED) is 0.716. The highest BCUT2D eigenvalue weighted by molar-refractivity contribution is 4.98. The first-order chi connectivity index (χ1) is 10.0. The van der Waals surface area contributed by atoms with Gasteiger partial charge >= 0.3 is 5.69 Å². The molecule has 2 heterocycles. The molecule has 1 aliphatic heterocycles. The Labute approximate surface area is 123 Å². The van der Waals surface area contributed by atoms with Crippen molar-refractivity contribution in [2.45, 2.75) is 25.5 Å². The molecule has 0 aromatic carbocycles. The standard InChI is InChI=1S/C14H24N4O3/c1-17(2)5-6-18(10-12-4-3-7-21-12)9-11-8-13(19)16-14(20)15-11/h8,12H,3-7,9-10H2,1-2H3,(H2,15,16,19,20). The number of hydrogen-bond donors (Lipinski definition) is 2. The molecule has 0 aliphatic carbocycles. The van der Waals surface area contributed by atoms with Gasteiger partial charge in [0, 0.05) is 44.5 Å². The Kier molecular flexibility index (Phi) is 5.72. The van der Waals surface area contributed by atoms with Crippen molar-refractivity contribution in [2.24, 2.45) is 0 Å². The molecule has 1 atom stereocenters. The first-order valence-corrected chi connectivity index (χ1v) is 7.34. The first kappa shape index (κ1) is 15.9. The van der Waals surface area contributed by atoms with E-state index in [4.69, 9.17) is 4.74 Å². The van der Waals surface area contributed by atoms with Crippen LogP contribution in [-0.2, 0) is 11.3 Å². The largest absolute Gasteiger partial charge is 0.377 e. The summed E-state index contributed by atoms with van der Waals surface area (Å²) >= 11 is 0. The van der Waals surface area contributed by atoms with E-state index in [9.17, 15) is 9.59 Å². The zero-order valence-corrected chi connectivity index (χ0v) is 12.7. The van der Waals surface area contributed by atoms with Crippen molar-refractivity contribution < 1.29 is 4.74 Å². The second-order valence-corrected chi connectivity index (χ2v) is 5.79. The van der Waals surface area contributed by atoms with Crippen LogP contribution in [0.5, 0.6) is 0 Å². The van der Waals surface area contributed by atoms with Crippen LogP contribution in [0.1, 0.15) is 18.5 Å². The SMILES string of the molecule is CN(C)CCN(Cc1cc(=O)[nH]c(=O)[nH]1)CC1CCCO1. The summed E-state index contributed by atoms with van der Waals surface area (Å²) in [6.45, 7) is 3.98. The van der Waals surface area contributed by atoms with Gasteiger partial charge in [-0.15, -0.1) is 0 Å². The van der Waals surface area contributed by atoms with Gasteiger partial charge in [0.05, 0.1) is 6.10 Å². The topological polar surface area (TPSA) is 81.4 Å². The molecule has 2 N–H and O–H groups in total. The highest BCUT2D eigenvalue weighted by Crippen LogP contribution is 2.14. The molecule has 1 aromatic heterocycles. The molecule has 2 rings (SSSR count). The minimum Gasteiger partial charge on any atom is -0.377 e. The molecular weight excluding hydrogens is 272 g/mol. The monoisotopic (exact) mass is 296 g/mol. The normalized spacial score (nSPS) is 18.8. The summed E-state index contributed by atoms with van der Waals surface area (Å²) < 4.78 is 5.68. The van der Waals surface area contributed by atoms with Crippen LogP contribution in [0, 0.1) is 0 Å². The highest BCUT2D eigenvalue weighted by atomic mass is 16.5. The summed E-state index contributed by atoms with van der Waals surface area (Å²) in [7, 11) is 4.05. The van der Waals surface area contributed by atoms with Crippen LogP contribution < -0.4 is 11.2 Å². The van der Waals surface area contributed by atoms with Gasteiger partial charge in [-0.3, -0.25) is 14.7 Å². The Morgan fingerprint density at radius 3 is 2.71 bits per heavy atom. The van der Waals surface area contributed by atoms with Crippen molar-refractivity contribution in [3.8, 4) is 0 Å². The molecule has 0 radical (unpaired) electrons. The van der Waals surface area contributed by atoms with Gasteiger partial charge in [-0.25, -0.2) is 4.79 Å². The Morgan fingerprint density at radius 2 is 2.10 bits per heavy atom. The van der Waals surface area contributed by atoms with E-state index in [0.29, 0.717) is 12.2 Å².